The van der Waals surface area contributed by atoms with Crippen LogP contribution in [-0.2, 0) is 21.9 Å². The molecule has 2 heterocycles. The molecule has 0 N–H and O–H groups in total. The monoisotopic (exact) mass is 418 g/mol. The Morgan fingerprint density at radius 3 is 2.24 bits per heavy atom. The highest BCUT2D eigenvalue weighted by molar-refractivity contribution is 7.20. The molecule has 0 unspecified atom stereocenters. The second-order valence-electron chi connectivity index (χ2n) is 8.44. The number of alkyl halides is 3. The molecule has 0 radical (unpaired) electrons. The molecular weight excluding hydrogens is 396 g/mol. The molecular formula is C22H22BF3O2S. The van der Waals surface area contributed by atoms with E-state index in [1.807, 2.05) is 52.0 Å². The van der Waals surface area contributed by atoms with Crippen LogP contribution in [0.4, 0.5) is 13.2 Å². The third-order valence-electron chi connectivity index (χ3n) is 5.77. The molecule has 2 nitrogen and oxygen atoms in total. The molecule has 1 saturated heterocycles. The number of hydrogen-bond acceptors (Lipinski definition) is 3. The van der Waals surface area contributed by atoms with Crippen LogP contribution >= 0.6 is 11.3 Å². The molecule has 1 aromatic heterocycles. The van der Waals surface area contributed by atoms with Crippen LogP contribution in [-0.4, -0.2) is 18.3 Å². The third-order valence-corrected chi connectivity index (χ3v) is 6.97. The van der Waals surface area contributed by atoms with Crippen molar-refractivity contribution in [1.29, 1.82) is 0 Å². The number of hydrogen-bond donors (Lipinski definition) is 0. The van der Waals surface area contributed by atoms with Crippen molar-refractivity contribution in [2.75, 3.05) is 0 Å². The van der Waals surface area contributed by atoms with Crippen LogP contribution in [0.3, 0.4) is 0 Å². The first kappa shape index (κ1) is 20.4. The lowest BCUT2D eigenvalue weighted by molar-refractivity contribution is -0.137. The van der Waals surface area contributed by atoms with Crippen molar-refractivity contribution < 1.29 is 22.5 Å². The fourth-order valence-electron chi connectivity index (χ4n) is 3.44. The molecule has 1 aliphatic heterocycles. The summed E-state index contributed by atoms with van der Waals surface area (Å²) >= 11 is 1.58. The summed E-state index contributed by atoms with van der Waals surface area (Å²) in [5, 5.41) is 1.05. The number of fused-ring (bicyclic) bond motifs is 1. The average molecular weight is 418 g/mol. The molecule has 7 heteroatoms. The number of halogens is 3. The van der Waals surface area contributed by atoms with Crippen LogP contribution in [0.5, 0.6) is 0 Å². The maximum atomic E-state index is 13.0. The molecule has 4 rings (SSSR count). The number of rotatable bonds is 3. The molecule has 0 atom stereocenters. The van der Waals surface area contributed by atoms with Gasteiger partial charge in [-0.1, -0.05) is 36.4 Å². The Bertz CT molecular complexity index is 1040. The van der Waals surface area contributed by atoms with E-state index in [9.17, 15) is 13.2 Å². The van der Waals surface area contributed by atoms with E-state index in [0.717, 1.165) is 26.5 Å². The van der Waals surface area contributed by atoms with Gasteiger partial charge < -0.3 is 9.31 Å². The highest BCUT2D eigenvalue weighted by Gasteiger charge is 2.52. The van der Waals surface area contributed by atoms with Gasteiger partial charge in [0.1, 0.15) is 0 Å². The van der Waals surface area contributed by atoms with Gasteiger partial charge in [0, 0.05) is 21.5 Å². The van der Waals surface area contributed by atoms with E-state index < -0.39 is 30.1 Å². The first-order valence-electron chi connectivity index (χ1n) is 9.49. The summed E-state index contributed by atoms with van der Waals surface area (Å²) < 4.78 is 52.4. The largest absolute Gasteiger partial charge is 0.496 e. The number of benzene rings is 2. The highest BCUT2D eigenvalue weighted by atomic mass is 32.1. The number of thiophene rings is 1. The summed E-state index contributed by atoms with van der Waals surface area (Å²) in [6.07, 6.45) is -3.88. The summed E-state index contributed by atoms with van der Waals surface area (Å²) in [7, 11) is -0.469. The molecule has 3 aromatic rings. The zero-order valence-corrected chi connectivity index (χ0v) is 17.6. The highest BCUT2D eigenvalue weighted by Crippen LogP contribution is 2.38. The summed E-state index contributed by atoms with van der Waals surface area (Å²) in [5.41, 5.74) is 0.120. The van der Waals surface area contributed by atoms with E-state index in [0.29, 0.717) is 12.0 Å². The first-order valence-corrected chi connectivity index (χ1v) is 10.3. The van der Waals surface area contributed by atoms with Gasteiger partial charge in [-0.3, -0.25) is 0 Å². The molecule has 0 aliphatic carbocycles. The first-order chi connectivity index (χ1) is 13.5. The van der Waals surface area contributed by atoms with Gasteiger partial charge in [0.05, 0.1) is 16.8 Å². The summed E-state index contributed by atoms with van der Waals surface area (Å²) in [6, 6.07) is 13.5. The maximum Gasteiger partial charge on any atom is 0.496 e. The van der Waals surface area contributed by atoms with Crippen LogP contribution in [0.1, 0.15) is 43.7 Å². The smallest absolute Gasteiger partial charge is 0.399 e. The Balaban J connectivity index is 1.66. The molecule has 0 bridgehead atoms. The Hall–Kier alpha value is -1.83. The topological polar surface area (TPSA) is 18.5 Å². The van der Waals surface area contributed by atoms with Crippen molar-refractivity contribution in [1.82, 2.24) is 0 Å². The Morgan fingerprint density at radius 2 is 1.59 bits per heavy atom. The maximum absolute atomic E-state index is 13.0. The molecule has 0 spiro atoms. The molecule has 1 fully saturated rings. The standard InChI is InChI=1S/C22H22BF3O2S/c1-20(2)21(3,4)28-23(27-20)18-10-6-8-15-13-17(29-19(15)18)12-14-7-5-9-16(11-14)22(24,25)26/h5-11,13H,12H2,1-4H3. The summed E-state index contributed by atoms with van der Waals surface area (Å²) in [6.45, 7) is 8.06. The van der Waals surface area contributed by atoms with Gasteiger partial charge in [-0.05, 0) is 50.8 Å². The van der Waals surface area contributed by atoms with E-state index in [1.165, 1.54) is 12.1 Å². The Kier molecular flexibility index (Phi) is 4.84. The van der Waals surface area contributed by atoms with Gasteiger partial charge in [0.15, 0.2) is 0 Å². The van der Waals surface area contributed by atoms with Gasteiger partial charge in [0.2, 0.25) is 0 Å². The zero-order valence-electron chi connectivity index (χ0n) is 16.8. The van der Waals surface area contributed by atoms with Crippen molar-refractivity contribution in [3.05, 3.63) is 64.5 Å². The average Bonchev–Trinajstić information content (AvgIpc) is 3.11. The van der Waals surface area contributed by atoms with Gasteiger partial charge in [0.25, 0.3) is 0 Å². The fraction of sp³-hybridized carbons (Fsp3) is 0.364. The van der Waals surface area contributed by atoms with Gasteiger partial charge in [-0.25, -0.2) is 0 Å². The molecule has 29 heavy (non-hydrogen) atoms. The van der Waals surface area contributed by atoms with Crippen LogP contribution in [0.15, 0.2) is 48.5 Å². The van der Waals surface area contributed by atoms with Crippen LogP contribution in [0.25, 0.3) is 10.1 Å². The van der Waals surface area contributed by atoms with E-state index in [4.69, 9.17) is 9.31 Å². The predicted molar refractivity (Wildman–Crippen MR) is 112 cm³/mol. The Labute approximate surface area is 172 Å². The van der Waals surface area contributed by atoms with Crippen LogP contribution in [0.2, 0.25) is 0 Å². The van der Waals surface area contributed by atoms with Crippen LogP contribution < -0.4 is 5.46 Å². The Morgan fingerprint density at radius 1 is 0.931 bits per heavy atom. The van der Waals surface area contributed by atoms with Gasteiger partial charge in [-0.15, -0.1) is 11.3 Å². The second kappa shape index (κ2) is 6.86. The predicted octanol–water partition coefficient (Wildman–Crippen LogP) is 5.81. The fourth-order valence-corrected chi connectivity index (χ4v) is 4.65. The second-order valence-corrected chi connectivity index (χ2v) is 9.58. The lowest BCUT2D eigenvalue weighted by atomic mass is 9.78. The van der Waals surface area contributed by atoms with E-state index >= 15 is 0 Å². The molecule has 0 saturated carbocycles. The van der Waals surface area contributed by atoms with E-state index in [2.05, 4.69) is 0 Å². The molecule has 1 aliphatic rings. The SMILES string of the molecule is CC1(C)OB(c2cccc3cc(Cc4cccc(C(F)(F)F)c4)sc23)OC1(C)C. The quantitative estimate of drug-likeness (QED) is 0.500. The molecule has 0 amide bonds. The minimum atomic E-state index is -4.33. The van der Waals surface area contributed by atoms with Crippen molar-refractivity contribution in [3.63, 3.8) is 0 Å². The van der Waals surface area contributed by atoms with E-state index in [-0.39, 0.29) is 0 Å². The lowest BCUT2D eigenvalue weighted by Crippen LogP contribution is -2.41. The van der Waals surface area contributed by atoms with Crippen molar-refractivity contribution in [2.45, 2.75) is 51.5 Å². The summed E-state index contributed by atoms with van der Waals surface area (Å²) in [4.78, 5) is 1.00. The summed E-state index contributed by atoms with van der Waals surface area (Å²) in [5.74, 6) is 0. The zero-order chi connectivity index (χ0) is 21.0. The van der Waals surface area contributed by atoms with E-state index in [1.54, 1.807) is 17.4 Å². The van der Waals surface area contributed by atoms with Crippen molar-refractivity contribution in [3.8, 4) is 0 Å². The third kappa shape index (κ3) is 3.83. The minimum absolute atomic E-state index is 0.433. The van der Waals surface area contributed by atoms with Gasteiger partial charge in [-0.2, -0.15) is 13.2 Å². The normalized spacial score (nSPS) is 18.5. The van der Waals surface area contributed by atoms with Crippen molar-refractivity contribution in [2.24, 2.45) is 0 Å². The minimum Gasteiger partial charge on any atom is -0.399 e. The molecule has 2 aromatic carbocycles. The van der Waals surface area contributed by atoms with Crippen molar-refractivity contribution >= 4 is 34.0 Å². The lowest BCUT2D eigenvalue weighted by Gasteiger charge is -2.32. The van der Waals surface area contributed by atoms with Crippen LogP contribution in [0, 0.1) is 0 Å². The van der Waals surface area contributed by atoms with Gasteiger partial charge >= 0.3 is 13.3 Å². The molecule has 152 valence electrons.